The normalized spacial score (nSPS) is 15.5. The van der Waals surface area contributed by atoms with Crippen molar-refractivity contribution < 1.29 is 13.6 Å². The number of benzene rings is 2. The second-order valence-electron chi connectivity index (χ2n) is 4.22. The minimum absolute atomic E-state index is 0.324. The van der Waals surface area contributed by atoms with E-state index in [0.717, 1.165) is 0 Å². The summed E-state index contributed by atoms with van der Waals surface area (Å²) in [6, 6.07) is 10.2. The SMILES string of the molecule is O=C1Nc2cc(F)ccc2C1=Cc1ccccc1F. The predicted octanol–water partition coefficient (Wildman–Crippen LogP) is 3.46. The van der Waals surface area contributed by atoms with Gasteiger partial charge in [-0.1, -0.05) is 18.2 Å². The number of amides is 1. The van der Waals surface area contributed by atoms with Gasteiger partial charge in [-0.3, -0.25) is 4.79 Å². The van der Waals surface area contributed by atoms with E-state index in [9.17, 15) is 13.6 Å². The van der Waals surface area contributed by atoms with Crippen LogP contribution in [-0.2, 0) is 4.79 Å². The molecule has 0 aliphatic carbocycles. The zero-order valence-electron chi connectivity index (χ0n) is 9.78. The van der Waals surface area contributed by atoms with E-state index in [1.54, 1.807) is 18.2 Å². The first-order chi connectivity index (χ1) is 9.15. The predicted molar refractivity (Wildman–Crippen MR) is 69.3 cm³/mol. The van der Waals surface area contributed by atoms with Gasteiger partial charge >= 0.3 is 0 Å². The van der Waals surface area contributed by atoms with Crippen molar-refractivity contribution in [3.63, 3.8) is 0 Å². The average Bonchev–Trinajstić information content (AvgIpc) is 2.68. The fraction of sp³-hybridized carbons (Fsp3) is 0. The molecule has 19 heavy (non-hydrogen) atoms. The summed E-state index contributed by atoms with van der Waals surface area (Å²) < 4.78 is 26.7. The van der Waals surface area contributed by atoms with Gasteiger partial charge in [0.15, 0.2) is 0 Å². The lowest BCUT2D eigenvalue weighted by molar-refractivity contribution is -0.110. The Morgan fingerprint density at radius 3 is 2.63 bits per heavy atom. The molecule has 0 atom stereocenters. The molecular weight excluding hydrogens is 248 g/mol. The monoisotopic (exact) mass is 257 g/mol. The number of rotatable bonds is 1. The minimum atomic E-state index is -0.425. The second-order valence-corrected chi connectivity index (χ2v) is 4.22. The number of carbonyl (C=O) groups is 1. The van der Waals surface area contributed by atoms with Crippen LogP contribution >= 0.6 is 0 Å². The third kappa shape index (κ3) is 2.01. The summed E-state index contributed by atoms with van der Waals surface area (Å²) in [5, 5.41) is 2.56. The first-order valence-corrected chi connectivity index (χ1v) is 5.72. The summed E-state index contributed by atoms with van der Waals surface area (Å²) in [5.41, 5.74) is 1.65. The highest BCUT2D eigenvalue weighted by Gasteiger charge is 2.24. The topological polar surface area (TPSA) is 29.1 Å². The molecule has 0 spiro atoms. The number of halogens is 2. The summed E-state index contributed by atoms with van der Waals surface area (Å²) in [6.07, 6.45) is 1.47. The van der Waals surface area contributed by atoms with Crippen LogP contribution in [0.25, 0.3) is 11.6 Å². The molecule has 2 nitrogen and oxygen atoms in total. The molecular formula is C15H9F2NO. The number of hydrogen-bond donors (Lipinski definition) is 1. The van der Waals surface area contributed by atoms with Crippen LogP contribution in [0.4, 0.5) is 14.5 Å². The fourth-order valence-corrected chi connectivity index (χ4v) is 2.06. The van der Waals surface area contributed by atoms with Crippen molar-refractivity contribution in [2.75, 3.05) is 5.32 Å². The van der Waals surface area contributed by atoms with Crippen molar-refractivity contribution >= 4 is 23.2 Å². The first-order valence-electron chi connectivity index (χ1n) is 5.72. The quantitative estimate of drug-likeness (QED) is 0.779. The van der Waals surface area contributed by atoms with E-state index in [1.165, 1.54) is 30.3 Å². The fourth-order valence-electron chi connectivity index (χ4n) is 2.06. The van der Waals surface area contributed by atoms with Crippen LogP contribution in [0.3, 0.4) is 0 Å². The standard InChI is InChI=1S/C15H9F2NO/c16-10-5-6-11-12(15(19)18-14(11)8-10)7-9-3-1-2-4-13(9)17/h1-8H,(H,18,19). The molecule has 0 radical (unpaired) electrons. The van der Waals surface area contributed by atoms with E-state index in [0.29, 0.717) is 22.4 Å². The molecule has 0 saturated carbocycles. The molecule has 1 aliphatic heterocycles. The van der Waals surface area contributed by atoms with Crippen LogP contribution in [0.15, 0.2) is 42.5 Å². The number of fused-ring (bicyclic) bond motifs is 1. The Morgan fingerprint density at radius 2 is 1.84 bits per heavy atom. The highest BCUT2D eigenvalue weighted by atomic mass is 19.1. The van der Waals surface area contributed by atoms with E-state index in [2.05, 4.69) is 5.32 Å². The van der Waals surface area contributed by atoms with Crippen LogP contribution in [0.1, 0.15) is 11.1 Å². The molecule has 0 saturated heterocycles. The smallest absolute Gasteiger partial charge is 0.256 e. The zero-order chi connectivity index (χ0) is 13.4. The third-order valence-corrected chi connectivity index (χ3v) is 2.97. The van der Waals surface area contributed by atoms with Crippen molar-refractivity contribution in [2.45, 2.75) is 0 Å². The van der Waals surface area contributed by atoms with Crippen molar-refractivity contribution in [2.24, 2.45) is 0 Å². The lowest BCUT2D eigenvalue weighted by Crippen LogP contribution is -2.03. The van der Waals surface area contributed by atoms with Gasteiger partial charge in [0.2, 0.25) is 0 Å². The molecule has 4 heteroatoms. The van der Waals surface area contributed by atoms with Crippen molar-refractivity contribution in [1.82, 2.24) is 0 Å². The molecule has 0 aromatic heterocycles. The molecule has 1 amide bonds. The average molecular weight is 257 g/mol. The Bertz CT molecular complexity index is 707. The summed E-state index contributed by atoms with van der Waals surface area (Å²) in [5.74, 6) is -1.19. The van der Waals surface area contributed by atoms with Gasteiger partial charge in [0, 0.05) is 16.7 Å². The van der Waals surface area contributed by atoms with Crippen LogP contribution in [0.2, 0.25) is 0 Å². The molecule has 2 aromatic rings. The van der Waals surface area contributed by atoms with Gasteiger partial charge in [0.05, 0.1) is 5.69 Å². The Balaban J connectivity index is 2.12. The van der Waals surface area contributed by atoms with Gasteiger partial charge in [-0.15, -0.1) is 0 Å². The number of nitrogens with one attached hydrogen (secondary N) is 1. The number of anilines is 1. The Hall–Kier alpha value is -2.49. The second kappa shape index (κ2) is 4.31. The van der Waals surface area contributed by atoms with Crippen molar-refractivity contribution in [3.8, 4) is 0 Å². The molecule has 2 aromatic carbocycles. The summed E-state index contributed by atoms with van der Waals surface area (Å²) in [4.78, 5) is 11.8. The summed E-state index contributed by atoms with van der Waals surface area (Å²) in [6.45, 7) is 0. The number of carbonyl (C=O) groups excluding carboxylic acids is 1. The van der Waals surface area contributed by atoms with Crippen molar-refractivity contribution in [1.29, 1.82) is 0 Å². The summed E-state index contributed by atoms with van der Waals surface area (Å²) in [7, 11) is 0. The maximum Gasteiger partial charge on any atom is 0.256 e. The van der Waals surface area contributed by atoms with Crippen LogP contribution in [-0.4, -0.2) is 5.91 Å². The maximum absolute atomic E-state index is 13.6. The number of hydrogen-bond acceptors (Lipinski definition) is 1. The first kappa shape index (κ1) is 11.6. The Kier molecular flexibility index (Phi) is 2.63. The zero-order valence-corrected chi connectivity index (χ0v) is 9.78. The Morgan fingerprint density at radius 1 is 1.05 bits per heavy atom. The van der Waals surface area contributed by atoms with Gasteiger partial charge in [-0.05, 0) is 30.3 Å². The van der Waals surface area contributed by atoms with Gasteiger partial charge < -0.3 is 5.32 Å². The van der Waals surface area contributed by atoms with Gasteiger partial charge in [0.25, 0.3) is 5.91 Å². The van der Waals surface area contributed by atoms with E-state index in [1.807, 2.05) is 0 Å². The van der Waals surface area contributed by atoms with Crippen molar-refractivity contribution in [3.05, 3.63) is 65.2 Å². The van der Waals surface area contributed by atoms with Crippen LogP contribution in [0.5, 0.6) is 0 Å². The molecule has 0 bridgehead atoms. The maximum atomic E-state index is 13.6. The summed E-state index contributed by atoms with van der Waals surface area (Å²) >= 11 is 0. The lowest BCUT2D eigenvalue weighted by Gasteiger charge is -1.99. The molecule has 1 N–H and O–H groups in total. The van der Waals surface area contributed by atoms with E-state index < -0.39 is 11.6 Å². The van der Waals surface area contributed by atoms with Crippen LogP contribution in [0, 0.1) is 11.6 Å². The molecule has 0 fully saturated rings. The van der Waals surface area contributed by atoms with Gasteiger partial charge in [0.1, 0.15) is 11.6 Å². The minimum Gasteiger partial charge on any atom is -0.321 e. The molecule has 0 unspecified atom stereocenters. The molecule has 3 rings (SSSR count). The van der Waals surface area contributed by atoms with E-state index in [-0.39, 0.29) is 5.91 Å². The van der Waals surface area contributed by atoms with E-state index >= 15 is 0 Å². The highest BCUT2D eigenvalue weighted by molar-refractivity contribution is 6.34. The molecule has 94 valence electrons. The van der Waals surface area contributed by atoms with E-state index in [4.69, 9.17) is 0 Å². The highest BCUT2D eigenvalue weighted by Crippen LogP contribution is 2.33. The van der Waals surface area contributed by atoms with Gasteiger partial charge in [-0.2, -0.15) is 0 Å². The van der Waals surface area contributed by atoms with Gasteiger partial charge in [-0.25, -0.2) is 8.78 Å². The third-order valence-electron chi connectivity index (χ3n) is 2.97. The largest absolute Gasteiger partial charge is 0.321 e. The van der Waals surface area contributed by atoms with Crippen LogP contribution < -0.4 is 5.32 Å². The molecule has 1 aliphatic rings. The molecule has 1 heterocycles. The lowest BCUT2D eigenvalue weighted by atomic mass is 10.0. The Labute approximate surface area is 108 Å².